The van der Waals surface area contributed by atoms with Gasteiger partial charge >= 0.3 is 0 Å². The summed E-state index contributed by atoms with van der Waals surface area (Å²) in [4.78, 5) is 0. The number of methoxy groups -OCH3 is 1. The molecule has 2 unspecified atom stereocenters. The van der Waals surface area contributed by atoms with Crippen LogP contribution in [0.5, 0.6) is 0 Å². The average molecular weight is 142 g/mol. The number of nitrogens with one attached hydrogen (secondary N) is 1. The van der Waals surface area contributed by atoms with Crippen molar-refractivity contribution in [1.82, 2.24) is 5.43 Å². The van der Waals surface area contributed by atoms with Gasteiger partial charge in [0.25, 0.3) is 0 Å². The zero-order chi connectivity index (χ0) is 7.98. The highest BCUT2D eigenvalue weighted by molar-refractivity contribution is 4.91. The highest BCUT2D eigenvalue weighted by Gasteiger charge is 2.12. The van der Waals surface area contributed by atoms with Crippen molar-refractivity contribution in [2.45, 2.75) is 25.5 Å². The van der Waals surface area contributed by atoms with Crippen molar-refractivity contribution in [2.24, 2.45) is 5.84 Å². The molecule has 0 spiro atoms. The molecule has 0 aromatic heterocycles. The van der Waals surface area contributed by atoms with E-state index in [0.29, 0.717) is 6.42 Å². The van der Waals surface area contributed by atoms with Gasteiger partial charge in [0, 0.05) is 13.5 Å². The summed E-state index contributed by atoms with van der Waals surface area (Å²) in [6.45, 7) is 1.92. The van der Waals surface area contributed by atoms with Crippen molar-refractivity contribution in [3.63, 3.8) is 0 Å². The van der Waals surface area contributed by atoms with Gasteiger partial charge in [-0.3, -0.25) is 11.3 Å². The van der Waals surface area contributed by atoms with Gasteiger partial charge < -0.3 is 4.74 Å². The molecule has 0 bridgehead atoms. The summed E-state index contributed by atoms with van der Waals surface area (Å²) in [6.07, 6.45) is 5.74. The molecule has 0 rings (SSSR count). The lowest BCUT2D eigenvalue weighted by Crippen LogP contribution is -2.43. The Bertz CT molecular complexity index is 119. The normalized spacial score (nSPS) is 15.8. The van der Waals surface area contributed by atoms with E-state index in [1.165, 1.54) is 0 Å². The molecule has 3 nitrogen and oxygen atoms in total. The Morgan fingerprint density at radius 1 is 1.80 bits per heavy atom. The van der Waals surface area contributed by atoms with E-state index >= 15 is 0 Å². The number of nitrogens with two attached hydrogens (primary N) is 1. The van der Waals surface area contributed by atoms with Crippen molar-refractivity contribution in [1.29, 1.82) is 0 Å². The summed E-state index contributed by atoms with van der Waals surface area (Å²) in [7, 11) is 1.63. The van der Waals surface area contributed by atoms with Gasteiger partial charge in [0.05, 0.1) is 12.1 Å². The first-order valence-corrected chi connectivity index (χ1v) is 3.18. The van der Waals surface area contributed by atoms with Crippen molar-refractivity contribution < 1.29 is 4.74 Å². The molecule has 10 heavy (non-hydrogen) atoms. The van der Waals surface area contributed by atoms with Gasteiger partial charge in [-0.25, -0.2) is 0 Å². The predicted molar refractivity (Wildman–Crippen MR) is 41.0 cm³/mol. The van der Waals surface area contributed by atoms with Crippen LogP contribution in [0.3, 0.4) is 0 Å². The summed E-state index contributed by atoms with van der Waals surface area (Å²) >= 11 is 0. The summed E-state index contributed by atoms with van der Waals surface area (Å²) in [5.74, 6) is 7.72. The molecule has 0 saturated heterocycles. The van der Waals surface area contributed by atoms with Crippen LogP contribution in [0.1, 0.15) is 13.3 Å². The standard InChI is InChI=1S/C7H14N2O/c1-4-5-7(9-8)6(2)10-3/h1,6-7,9H,5,8H2,2-3H3. The van der Waals surface area contributed by atoms with E-state index < -0.39 is 0 Å². The minimum Gasteiger partial charge on any atom is -0.380 e. The van der Waals surface area contributed by atoms with Gasteiger partial charge in [-0.1, -0.05) is 0 Å². The summed E-state index contributed by atoms with van der Waals surface area (Å²) in [6, 6.07) is 0.0509. The van der Waals surface area contributed by atoms with Crippen LogP contribution in [0.15, 0.2) is 0 Å². The third-order valence-electron chi connectivity index (χ3n) is 1.49. The summed E-state index contributed by atoms with van der Waals surface area (Å²) in [5, 5.41) is 0. The molecule has 0 aliphatic heterocycles. The lowest BCUT2D eigenvalue weighted by molar-refractivity contribution is 0.0847. The van der Waals surface area contributed by atoms with E-state index in [0.717, 1.165) is 0 Å². The van der Waals surface area contributed by atoms with Crippen LogP contribution in [0, 0.1) is 12.3 Å². The minimum atomic E-state index is 0.0509. The monoisotopic (exact) mass is 142 g/mol. The van der Waals surface area contributed by atoms with Gasteiger partial charge in [0.1, 0.15) is 0 Å². The molecule has 58 valence electrons. The highest BCUT2D eigenvalue weighted by atomic mass is 16.5. The third-order valence-corrected chi connectivity index (χ3v) is 1.49. The van der Waals surface area contributed by atoms with Gasteiger partial charge in [-0.05, 0) is 6.92 Å². The van der Waals surface area contributed by atoms with E-state index in [4.69, 9.17) is 17.0 Å². The fraction of sp³-hybridized carbons (Fsp3) is 0.714. The molecule has 0 fully saturated rings. The topological polar surface area (TPSA) is 47.3 Å². The number of hydrazine groups is 1. The third kappa shape index (κ3) is 2.83. The smallest absolute Gasteiger partial charge is 0.0718 e. The Labute approximate surface area is 61.9 Å². The van der Waals surface area contributed by atoms with E-state index in [-0.39, 0.29) is 12.1 Å². The summed E-state index contributed by atoms with van der Waals surface area (Å²) < 4.78 is 5.02. The number of rotatable bonds is 4. The van der Waals surface area contributed by atoms with Crippen LogP contribution in [0.4, 0.5) is 0 Å². The second kappa shape index (κ2) is 5.24. The second-order valence-electron chi connectivity index (χ2n) is 2.12. The maximum Gasteiger partial charge on any atom is 0.0718 e. The average Bonchev–Trinajstić information content (AvgIpc) is 1.99. The first kappa shape index (κ1) is 9.44. The van der Waals surface area contributed by atoms with Crippen LogP contribution in [0.2, 0.25) is 0 Å². The summed E-state index contributed by atoms with van der Waals surface area (Å²) in [5.41, 5.74) is 2.59. The number of hydrogen-bond acceptors (Lipinski definition) is 3. The van der Waals surface area contributed by atoms with Crippen LogP contribution < -0.4 is 11.3 Å². The Morgan fingerprint density at radius 2 is 2.40 bits per heavy atom. The minimum absolute atomic E-state index is 0.0509. The molecule has 0 aromatic rings. The fourth-order valence-corrected chi connectivity index (χ4v) is 0.652. The number of hydrogen-bond donors (Lipinski definition) is 2. The quantitative estimate of drug-likeness (QED) is 0.327. The predicted octanol–water partition coefficient (Wildman–Crippen LogP) is -0.124. The molecule has 0 aliphatic rings. The van der Waals surface area contributed by atoms with Crippen molar-refractivity contribution >= 4 is 0 Å². The number of ether oxygens (including phenoxy) is 1. The molecule has 0 amide bonds. The fourth-order valence-electron chi connectivity index (χ4n) is 0.652. The zero-order valence-corrected chi connectivity index (χ0v) is 6.42. The van der Waals surface area contributed by atoms with Gasteiger partial charge in [-0.15, -0.1) is 12.3 Å². The molecule has 0 aromatic carbocycles. The Balaban J connectivity index is 3.70. The van der Waals surface area contributed by atoms with Crippen molar-refractivity contribution in [3.8, 4) is 12.3 Å². The molecular weight excluding hydrogens is 128 g/mol. The van der Waals surface area contributed by atoms with Crippen molar-refractivity contribution in [3.05, 3.63) is 0 Å². The second-order valence-corrected chi connectivity index (χ2v) is 2.12. The molecule has 0 saturated carbocycles. The van der Waals surface area contributed by atoms with Gasteiger partial charge in [0.15, 0.2) is 0 Å². The Morgan fingerprint density at radius 3 is 2.70 bits per heavy atom. The molecule has 0 aliphatic carbocycles. The maximum absolute atomic E-state index is 5.21. The van der Waals surface area contributed by atoms with E-state index in [9.17, 15) is 0 Å². The number of terminal acetylenes is 1. The molecule has 2 atom stereocenters. The largest absolute Gasteiger partial charge is 0.380 e. The molecule has 0 heterocycles. The molecular formula is C7H14N2O. The van der Waals surface area contributed by atoms with Gasteiger partial charge in [-0.2, -0.15) is 0 Å². The first-order chi connectivity index (χ1) is 4.76. The Kier molecular flexibility index (Phi) is 4.95. The van der Waals surface area contributed by atoms with Gasteiger partial charge in [0.2, 0.25) is 0 Å². The lowest BCUT2D eigenvalue weighted by atomic mass is 10.1. The van der Waals surface area contributed by atoms with Crippen LogP contribution in [-0.2, 0) is 4.74 Å². The van der Waals surface area contributed by atoms with E-state index in [1.54, 1.807) is 7.11 Å². The maximum atomic E-state index is 5.21. The van der Waals surface area contributed by atoms with E-state index in [1.807, 2.05) is 6.92 Å². The molecule has 3 N–H and O–H groups in total. The van der Waals surface area contributed by atoms with Crippen LogP contribution >= 0.6 is 0 Å². The highest BCUT2D eigenvalue weighted by Crippen LogP contribution is 1.99. The molecule has 0 radical (unpaired) electrons. The Hall–Kier alpha value is -0.560. The first-order valence-electron chi connectivity index (χ1n) is 3.18. The molecule has 3 heteroatoms. The lowest BCUT2D eigenvalue weighted by Gasteiger charge is -2.19. The SMILES string of the molecule is C#CCC(NN)C(C)OC. The van der Waals surface area contributed by atoms with E-state index in [2.05, 4.69) is 11.3 Å². The van der Waals surface area contributed by atoms with Crippen molar-refractivity contribution in [2.75, 3.05) is 7.11 Å². The zero-order valence-electron chi connectivity index (χ0n) is 6.42. The van der Waals surface area contributed by atoms with Crippen LogP contribution in [-0.4, -0.2) is 19.3 Å². The van der Waals surface area contributed by atoms with Crippen LogP contribution in [0.25, 0.3) is 0 Å².